The van der Waals surface area contributed by atoms with Crippen LogP contribution in [0.15, 0.2) is 0 Å². The molecule has 1 N–H and O–H groups in total. The van der Waals surface area contributed by atoms with Crippen molar-refractivity contribution in [2.75, 3.05) is 13.7 Å². The maximum atomic E-state index is 11.1. The van der Waals surface area contributed by atoms with Crippen molar-refractivity contribution in [3.8, 4) is 0 Å². The zero-order chi connectivity index (χ0) is 9.56. The van der Waals surface area contributed by atoms with Gasteiger partial charge < -0.3 is 10.1 Å². The van der Waals surface area contributed by atoms with E-state index in [1.165, 1.54) is 0 Å². The van der Waals surface area contributed by atoms with Gasteiger partial charge in [-0.05, 0) is 19.9 Å². The van der Waals surface area contributed by atoms with E-state index in [4.69, 9.17) is 4.74 Å². The molecule has 0 aromatic rings. The Morgan fingerprint density at radius 2 is 2.08 bits per heavy atom. The van der Waals surface area contributed by atoms with Crippen LogP contribution in [0.25, 0.3) is 0 Å². The van der Waals surface area contributed by atoms with Crippen LogP contribution in [0.4, 0.5) is 0 Å². The summed E-state index contributed by atoms with van der Waals surface area (Å²) in [5, 5.41) is 3.09. The molecule has 0 fully saturated rings. The molecule has 0 aliphatic carbocycles. The summed E-state index contributed by atoms with van der Waals surface area (Å²) in [5.74, 6) is 0.338. The maximum Gasteiger partial charge on any atom is 0.307 e. The lowest BCUT2D eigenvalue weighted by molar-refractivity contribution is -0.143. The number of rotatable bonds is 5. The minimum atomic E-state index is -0.120. The molecule has 0 unspecified atom stereocenters. The highest BCUT2D eigenvalue weighted by Gasteiger charge is 2.15. The largest absolute Gasteiger partial charge is 0.466 e. The SMILES string of the molecule is CCOC(=O)C[C@H](NC)C(C)C. The fourth-order valence-electron chi connectivity index (χ4n) is 1.07. The van der Waals surface area contributed by atoms with E-state index in [-0.39, 0.29) is 12.0 Å². The van der Waals surface area contributed by atoms with Crippen molar-refractivity contribution in [1.82, 2.24) is 5.32 Å². The first-order valence-electron chi connectivity index (χ1n) is 4.44. The fraction of sp³-hybridized carbons (Fsp3) is 0.889. The van der Waals surface area contributed by atoms with Crippen molar-refractivity contribution in [1.29, 1.82) is 0 Å². The van der Waals surface area contributed by atoms with Gasteiger partial charge in [0.1, 0.15) is 0 Å². The third kappa shape index (κ3) is 4.34. The monoisotopic (exact) mass is 173 g/mol. The van der Waals surface area contributed by atoms with Crippen LogP contribution in [-0.4, -0.2) is 25.7 Å². The van der Waals surface area contributed by atoms with E-state index in [1.807, 2.05) is 14.0 Å². The number of carbonyl (C=O) groups is 1. The lowest BCUT2D eigenvalue weighted by Gasteiger charge is -2.18. The van der Waals surface area contributed by atoms with Crippen molar-refractivity contribution in [3.05, 3.63) is 0 Å². The Labute approximate surface area is 74.5 Å². The van der Waals surface area contributed by atoms with E-state index in [9.17, 15) is 4.79 Å². The lowest BCUT2D eigenvalue weighted by atomic mass is 10.0. The minimum Gasteiger partial charge on any atom is -0.466 e. The molecule has 0 rings (SSSR count). The summed E-state index contributed by atoms with van der Waals surface area (Å²) in [6.07, 6.45) is 0.460. The number of hydrogen-bond donors (Lipinski definition) is 1. The third-order valence-corrected chi connectivity index (χ3v) is 1.87. The minimum absolute atomic E-state index is 0.120. The van der Waals surface area contributed by atoms with E-state index < -0.39 is 0 Å². The van der Waals surface area contributed by atoms with Crippen molar-refractivity contribution in [2.45, 2.75) is 33.2 Å². The first-order chi connectivity index (χ1) is 5.61. The van der Waals surface area contributed by atoms with E-state index in [2.05, 4.69) is 19.2 Å². The standard InChI is InChI=1S/C9H19NO2/c1-5-12-9(11)6-8(10-4)7(2)3/h7-8,10H,5-6H2,1-4H3/t8-/m0/s1. The Bertz CT molecular complexity index is 134. The summed E-state index contributed by atoms with van der Waals surface area (Å²) in [7, 11) is 1.86. The molecule has 0 saturated heterocycles. The normalized spacial score (nSPS) is 13.1. The van der Waals surface area contributed by atoms with Crippen molar-refractivity contribution in [2.24, 2.45) is 5.92 Å². The molecule has 1 atom stereocenters. The van der Waals surface area contributed by atoms with E-state index in [0.29, 0.717) is 18.9 Å². The molecule has 0 heterocycles. The Kier molecular flexibility index (Phi) is 5.72. The molecule has 3 nitrogen and oxygen atoms in total. The summed E-state index contributed by atoms with van der Waals surface area (Å²) >= 11 is 0. The second-order valence-corrected chi connectivity index (χ2v) is 3.15. The van der Waals surface area contributed by atoms with Gasteiger partial charge in [0.05, 0.1) is 13.0 Å². The second-order valence-electron chi connectivity index (χ2n) is 3.15. The summed E-state index contributed by atoms with van der Waals surface area (Å²) in [4.78, 5) is 11.1. The number of ether oxygens (including phenoxy) is 1. The van der Waals surface area contributed by atoms with Crippen LogP contribution in [0.3, 0.4) is 0 Å². The molecule has 0 amide bonds. The smallest absolute Gasteiger partial charge is 0.307 e. The van der Waals surface area contributed by atoms with Crippen LogP contribution in [0.1, 0.15) is 27.2 Å². The molecule has 3 heteroatoms. The highest BCUT2D eigenvalue weighted by Crippen LogP contribution is 2.06. The predicted molar refractivity (Wildman–Crippen MR) is 48.9 cm³/mol. The predicted octanol–water partition coefficient (Wildman–Crippen LogP) is 1.18. The Morgan fingerprint density at radius 1 is 1.50 bits per heavy atom. The molecule has 0 bridgehead atoms. The Balaban J connectivity index is 3.77. The number of hydrogen-bond acceptors (Lipinski definition) is 3. The number of nitrogens with one attached hydrogen (secondary N) is 1. The molecule has 72 valence electrons. The fourth-order valence-corrected chi connectivity index (χ4v) is 1.07. The number of esters is 1. The van der Waals surface area contributed by atoms with Gasteiger partial charge >= 0.3 is 5.97 Å². The van der Waals surface area contributed by atoms with Gasteiger partial charge in [-0.1, -0.05) is 13.8 Å². The van der Waals surface area contributed by atoms with Gasteiger partial charge in [0, 0.05) is 6.04 Å². The molecular formula is C9H19NO2. The first kappa shape index (κ1) is 11.4. The molecule has 0 aliphatic heterocycles. The zero-order valence-electron chi connectivity index (χ0n) is 8.39. The number of carbonyl (C=O) groups excluding carboxylic acids is 1. The Morgan fingerprint density at radius 3 is 2.42 bits per heavy atom. The van der Waals surface area contributed by atoms with Crippen LogP contribution in [0.2, 0.25) is 0 Å². The average molecular weight is 173 g/mol. The molecular weight excluding hydrogens is 154 g/mol. The van der Waals surface area contributed by atoms with Crippen LogP contribution in [-0.2, 0) is 9.53 Å². The van der Waals surface area contributed by atoms with Crippen LogP contribution in [0.5, 0.6) is 0 Å². The van der Waals surface area contributed by atoms with Crippen LogP contribution >= 0.6 is 0 Å². The average Bonchev–Trinajstić information content (AvgIpc) is 2.00. The van der Waals surface area contributed by atoms with E-state index in [0.717, 1.165) is 0 Å². The van der Waals surface area contributed by atoms with Gasteiger partial charge in [-0.2, -0.15) is 0 Å². The summed E-state index contributed by atoms with van der Waals surface area (Å²) in [5.41, 5.74) is 0. The first-order valence-corrected chi connectivity index (χ1v) is 4.44. The summed E-state index contributed by atoms with van der Waals surface area (Å²) in [6.45, 7) is 6.45. The van der Waals surface area contributed by atoms with E-state index >= 15 is 0 Å². The molecule has 0 saturated carbocycles. The van der Waals surface area contributed by atoms with Gasteiger partial charge in [0.25, 0.3) is 0 Å². The van der Waals surface area contributed by atoms with Gasteiger partial charge in [0.15, 0.2) is 0 Å². The molecule has 0 spiro atoms. The highest BCUT2D eigenvalue weighted by molar-refractivity contribution is 5.70. The molecule has 0 aromatic heterocycles. The second kappa shape index (κ2) is 6.00. The van der Waals surface area contributed by atoms with Crippen LogP contribution in [0, 0.1) is 5.92 Å². The topological polar surface area (TPSA) is 38.3 Å². The third-order valence-electron chi connectivity index (χ3n) is 1.87. The van der Waals surface area contributed by atoms with Crippen molar-refractivity contribution in [3.63, 3.8) is 0 Å². The maximum absolute atomic E-state index is 11.1. The molecule has 12 heavy (non-hydrogen) atoms. The van der Waals surface area contributed by atoms with Crippen molar-refractivity contribution < 1.29 is 9.53 Å². The van der Waals surface area contributed by atoms with Crippen LogP contribution < -0.4 is 5.32 Å². The molecule has 0 aromatic carbocycles. The lowest BCUT2D eigenvalue weighted by Crippen LogP contribution is -2.33. The van der Waals surface area contributed by atoms with E-state index in [1.54, 1.807) is 0 Å². The van der Waals surface area contributed by atoms with Gasteiger partial charge in [-0.25, -0.2) is 0 Å². The summed E-state index contributed by atoms with van der Waals surface area (Å²) in [6, 6.07) is 0.226. The van der Waals surface area contributed by atoms with Crippen molar-refractivity contribution >= 4 is 5.97 Å². The molecule has 0 aliphatic rings. The quantitative estimate of drug-likeness (QED) is 0.634. The molecule has 0 radical (unpaired) electrons. The van der Waals surface area contributed by atoms with Gasteiger partial charge in [-0.15, -0.1) is 0 Å². The summed E-state index contributed by atoms with van der Waals surface area (Å²) < 4.78 is 4.85. The van der Waals surface area contributed by atoms with Gasteiger partial charge in [0.2, 0.25) is 0 Å². The van der Waals surface area contributed by atoms with Gasteiger partial charge in [-0.3, -0.25) is 4.79 Å². The Hall–Kier alpha value is -0.570. The highest BCUT2D eigenvalue weighted by atomic mass is 16.5. The zero-order valence-corrected chi connectivity index (χ0v) is 8.39.